The Kier molecular flexibility index (Phi) is 5.26. The van der Waals surface area contributed by atoms with Crippen molar-refractivity contribution in [2.45, 2.75) is 19.3 Å². The first-order valence-corrected chi connectivity index (χ1v) is 10.0. The minimum absolute atomic E-state index is 0.0355. The summed E-state index contributed by atoms with van der Waals surface area (Å²) in [5.74, 6) is -0.202. The van der Waals surface area contributed by atoms with Crippen molar-refractivity contribution in [3.05, 3.63) is 124 Å². The number of hydrogen-bond donors (Lipinski definition) is 0. The molecule has 0 saturated carbocycles. The average molecular weight is 410 g/mol. The number of nitrogens with zero attached hydrogens (tertiary/aromatic N) is 2. The molecule has 0 spiro atoms. The molecule has 0 radical (unpaired) electrons. The van der Waals surface area contributed by atoms with Crippen molar-refractivity contribution in [3.63, 3.8) is 0 Å². The van der Waals surface area contributed by atoms with Crippen LogP contribution in [0.15, 0.2) is 103 Å². The van der Waals surface area contributed by atoms with E-state index in [9.17, 15) is 14.9 Å². The van der Waals surface area contributed by atoms with Crippen LogP contribution < -0.4 is 4.90 Å². The van der Waals surface area contributed by atoms with Crippen molar-refractivity contribution < 1.29 is 9.72 Å². The number of para-hydroxylation sites is 2. The van der Waals surface area contributed by atoms with Crippen LogP contribution in [0.1, 0.15) is 29.8 Å². The second kappa shape index (κ2) is 8.03. The Hall–Kier alpha value is -3.99. The van der Waals surface area contributed by atoms with Crippen LogP contribution in [0.2, 0.25) is 0 Å². The van der Waals surface area contributed by atoms with Gasteiger partial charge in [0.25, 0.3) is 5.69 Å². The molecule has 3 aromatic rings. The summed E-state index contributed by atoms with van der Waals surface area (Å²) in [6.07, 6.45) is 5.22. The number of ketones is 1. The van der Waals surface area contributed by atoms with Crippen LogP contribution >= 0.6 is 0 Å². The molecule has 154 valence electrons. The lowest BCUT2D eigenvalue weighted by Gasteiger charge is -2.27. The molecule has 1 aliphatic heterocycles. The number of nitro benzene ring substituents is 1. The van der Waals surface area contributed by atoms with Crippen molar-refractivity contribution in [3.8, 4) is 0 Å². The Bertz CT molecular complexity index is 1190. The molecule has 0 saturated heterocycles. The molecule has 0 aliphatic carbocycles. The van der Waals surface area contributed by atoms with Crippen molar-refractivity contribution in [2.75, 3.05) is 4.90 Å². The van der Waals surface area contributed by atoms with Crippen LogP contribution in [0.25, 0.3) is 0 Å². The van der Waals surface area contributed by atoms with Crippen LogP contribution in [-0.2, 0) is 5.41 Å². The predicted octanol–water partition coefficient (Wildman–Crippen LogP) is 6.35. The van der Waals surface area contributed by atoms with Crippen LogP contribution in [0.3, 0.4) is 0 Å². The number of rotatable bonds is 5. The fourth-order valence-corrected chi connectivity index (χ4v) is 3.95. The molecule has 0 fully saturated rings. The number of fused-ring (bicyclic) bond motifs is 1. The standard InChI is InChI=1S/C26H22N2O3/c1-26(2)22-11-6-7-12-23(22)27(20-9-4-3-5-10-20)25(26)14-8-13-24(29)19-15-17-21(18-16-19)28(30)31/h3-18H,1-2H3/b13-8+,25-14+. The van der Waals surface area contributed by atoms with E-state index in [1.165, 1.54) is 35.9 Å². The highest BCUT2D eigenvalue weighted by Crippen LogP contribution is 2.50. The molecule has 0 unspecified atom stereocenters. The smallest absolute Gasteiger partial charge is 0.269 e. The lowest BCUT2D eigenvalue weighted by Crippen LogP contribution is -2.22. The van der Waals surface area contributed by atoms with Gasteiger partial charge in [0.15, 0.2) is 5.78 Å². The number of carbonyl (C=O) groups excluding carboxylic acids is 1. The molecule has 5 nitrogen and oxygen atoms in total. The van der Waals surface area contributed by atoms with Crippen molar-refractivity contribution in [2.24, 2.45) is 0 Å². The number of nitro groups is 1. The topological polar surface area (TPSA) is 63.4 Å². The molecule has 0 amide bonds. The quantitative estimate of drug-likeness (QED) is 0.213. The molecular weight excluding hydrogens is 388 g/mol. The van der Waals surface area contributed by atoms with Crippen molar-refractivity contribution >= 4 is 22.8 Å². The second-order valence-electron chi connectivity index (χ2n) is 7.89. The normalized spacial score (nSPS) is 15.9. The Morgan fingerprint density at radius 2 is 1.58 bits per heavy atom. The molecule has 3 aromatic carbocycles. The van der Waals surface area contributed by atoms with Gasteiger partial charge in [-0.15, -0.1) is 0 Å². The molecule has 0 aromatic heterocycles. The highest BCUT2D eigenvalue weighted by molar-refractivity contribution is 6.04. The van der Waals surface area contributed by atoms with Gasteiger partial charge in [0.2, 0.25) is 0 Å². The summed E-state index contributed by atoms with van der Waals surface area (Å²) in [7, 11) is 0. The van der Waals surface area contributed by atoms with E-state index in [1.54, 1.807) is 6.08 Å². The molecule has 1 aliphatic rings. The fourth-order valence-electron chi connectivity index (χ4n) is 3.95. The van der Waals surface area contributed by atoms with Gasteiger partial charge in [-0.3, -0.25) is 14.9 Å². The van der Waals surface area contributed by atoms with Crippen LogP contribution in [0, 0.1) is 10.1 Å². The van der Waals surface area contributed by atoms with Crippen LogP contribution in [-0.4, -0.2) is 10.7 Å². The van der Waals surface area contributed by atoms with E-state index in [-0.39, 0.29) is 16.9 Å². The number of hydrogen-bond acceptors (Lipinski definition) is 4. The van der Waals surface area contributed by atoms with E-state index in [4.69, 9.17) is 0 Å². The van der Waals surface area contributed by atoms with Gasteiger partial charge in [-0.05, 0) is 48.0 Å². The van der Waals surface area contributed by atoms with Gasteiger partial charge in [0, 0.05) is 40.2 Å². The Morgan fingerprint density at radius 3 is 2.26 bits per heavy atom. The number of non-ortho nitro benzene ring substituents is 1. The maximum Gasteiger partial charge on any atom is 0.269 e. The first-order valence-electron chi connectivity index (χ1n) is 10.0. The third kappa shape index (κ3) is 3.78. The third-order valence-corrected chi connectivity index (χ3v) is 5.58. The summed E-state index contributed by atoms with van der Waals surface area (Å²) < 4.78 is 0. The van der Waals surface area contributed by atoms with Gasteiger partial charge < -0.3 is 4.90 Å². The summed E-state index contributed by atoms with van der Waals surface area (Å²) in [6.45, 7) is 4.35. The zero-order valence-corrected chi connectivity index (χ0v) is 17.4. The highest BCUT2D eigenvalue weighted by atomic mass is 16.6. The summed E-state index contributed by atoms with van der Waals surface area (Å²) in [4.78, 5) is 25.1. The molecular formula is C26H22N2O3. The van der Waals surface area contributed by atoms with E-state index in [2.05, 4.69) is 43.0 Å². The highest BCUT2D eigenvalue weighted by Gasteiger charge is 2.40. The molecule has 0 N–H and O–H groups in total. The number of carbonyl (C=O) groups is 1. The van der Waals surface area contributed by atoms with E-state index in [0.717, 1.165) is 17.1 Å². The third-order valence-electron chi connectivity index (χ3n) is 5.58. The molecule has 5 heteroatoms. The second-order valence-corrected chi connectivity index (χ2v) is 7.89. The van der Waals surface area contributed by atoms with Crippen LogP contribution in [0.5, 0.6) is 0 Å². The molecule has 0 bridgehead atoms. The van der Waals surface area contributed by atoms with Gasteiger partial charge >= 0.3 is 0 Å². The number of anilines is 2. The number of benzene rings is 3. The largest absolute Gasteiger partial charge is 0.313 e. The van der Waals surface area contributed by atoms with Crippen molar-refractivity contribution in [1.29, 1.82) is 0 Å². The first-order chi connectivity index (χ1) is 14.9. The average Bonchev–Trinajstić information content (AvgIpc) is 3.01. The number of allylic oxidation sites excluding steroid dienone is 4. The molecule has 0 atom stereocenters. The van der Waals surface area contributed by atoms with Gasteiger partial charge in [0.1, 0.15) is 0 Å². The van der Waals surface area contributed by atoms with E-state index in [0.29, 0.717) is 5.56 Å². The molecule has 1 heterocycles. The zero-order chi connectivity index (χ0) is 22.0. The van der Waals surface area contributed by atoms with Gasteiger partial charge in [0.05, 0.1) is 4.92 Å². The van der Waals surface area contributed by atoms with Gasteiger partial charge in [-0.1, -0.05) is 56.3 Å². The molecule has 4 rings (SSSR count). The minimum atomic E-state index is -0.480. The van der Waals surface area contributed by atoms with Gasteiger partial charge in [-0.2, -0.15) is 0 Å². The summed E-state index contributed by atoms with van der Waals surface area (Å²) in [5.41, 5.74) is 4.60. The summed E-state index contributed by atoms with van der Waals surface area (Å²) in [5, 5.41) is 10.8. The van der Waals surface area contributed by atoms with Crippen molar-refractivity contribution in [1.82, 2.24) is 0 Å². The fraction of sp³-hybridized carbons (Fsp3) is 0.115. The Balaban J connectivity index is 1.68. The summed E-state index contributed by atoms with van der Waals surface area (Å²) >= 11 is 0. The minimum Gasteiger partial charge on any atom is -0.313 e. The van der Waals surface area contributed by atoms with Crippen LogP contribution in [0.4, 0.5) is 17.1 Å². The van der Waals surface area contributed by atoms with E-state index < -0.39 is 4.92 Å². The van der Waals surface area contributed by atoms with E-state index in [1.807, 2.05) is 36.4 Å². The lowest BCUT2D eigenvalue weighted by atomic mass is 9.83. The zero-order valence-electron chi connectivity index (χ0n) is 17.4. The van der Waals surface area contributed by atoms with E-state index >= 15 is 0 Å². The maximum absolute atomic E-state index is 12.5. The maximum atomic E-state index is 12.5. The summed E-state index contributed by atoms with van der Waals surface area (Å²) in [6, 6.07) is 24.1. The van der Waals surface area contributed by atoms with Gasteiger partial charge in [-0.25, -0.2) is 0 Å². The lowest BCUT2D eigenvalue weighted by molar-refractivity contribution is -0.384. The molecule has 31 heavy (non-hydrogen) atoms. The Labute approximate surface area is 181 Å². The SMILES string of the molecule is CC1(C)/C(=C\C=C\C(=O)c2ccc([N+](=O)[O-])cc2)N(c2ccccc2)c2ccccc21. The monoisotopic (exact) mass is 410 g/mol. The Morgan fingerprint density at radius 1 is 0.935 bits per heavy atom. The first kappa shape index (κ1) is 20.3. The predicted molar refractivity (Wildman–Crippen MR) is 123 cm³/mol.